The molecule has 7 unspecified atom stereocenters. The van der Waals surface area contributed by atoms with Crippen molar-refractivity contribution in [1.82, 2.24) is 10.6 Å². The third kappa shape index (κ3) is 7.30. The standard InChI is InChI=1S/C16H32N2O6S/c1-3-9(19)7-12(21)10(18-16(25)17-4-2)8-24-13-6-5-11(20)14(22)15(13)23/h9-15,19-23H,3-8H2,1-2H3,(H2,17,18,25). The van der Waals surface area contributed by atoms with E-state index in [4.69, 9.17) is 17.0 Å². The van der Waals surface area contributed by atoms with Crippen LogP contribution >= 0.6 is 12.2 Å². The molecular formula is C16H32N2O6S. The van der Waals surface area contributed by atoms with Crippen LogP contribution in [-0.4, -0.2) is 86.5 Å². The van der Waals surface area contributed by atoms with Gasteiger partial charge in [0.1, 0.15) is 12.2 Å². The molecule has 0 bridgehead atoms. The summed E-state index contributed by atoms with van der Waals surface area (Å²) in [4.78, 5) is 0. The average Bonchev–Trinajstić information content (AvgIpc) is 2.57. The van der Waals surface area contributed by atoms with Crippen molar-refractivity contribution in [3.8, 4) is 0 Å². The minimum atomic E-state index is -1.25. The highest BCUT2D eigenvalue weighted by Crippen LogP contribution is 2.23. The lowest BCUT2D eigenvalue weighted by atomic mass is 9.89. The highest BCUT2D eigenvalue weighted by Gasteiger charge is 2.37. The molecule has 25 heavy (non-hydrogen) atoms. The van der Waals surface area contributed by atoms with Crippen LogP contribution in [0, 0.1) is 0 Å². The van der Waals surface area contributed by atoms with Gasteiger partial charge >= 0.3 is 0 Å². The normalized spacial score (nSPS) is 30.4. The molecule has 7 atom stereocenters. The summed E-state index contributed by atoms with van der Waals surface area (Å²) in [5, 5.41) is 55.7. The molecule has 1 fully saturated rings. The van der Waals surface area contributed by atoms with Crippen molar-refractivity contribution in [3.63, 3.8) is 0 Å². The smallest absolute Gasteiger partial charge is 0.166 e. The number of rotatable bonds is 9. The maximum Gasteiger partial charge on any atom is 0.166 e. The number of hydrogen-bond donors (Lipinski definition) is 7. The predicted molar refractivity (Wildman–Crippen MR) is 97.1 cm³/mol. The number of ether oxygens (including phenoxy) is 1. The molecule has 0 saturated heterocycles. The summed E-state index contributed by atoms with van der Waals surface area (Å²) < 4.78 is 5.68. The maximum absolute atomic E-state index is 10.4. The van der Waals surface area contributed by atoms with Gasteiger partial charge in [-0.3, -0.25) is 0 Å². The van der Waals surface area contributed by atoms with Crippen molar-refractivity contribution in [2.24, 2.45) is 0 Å². The predicted octanol–water partition coefficient (Wildman–Crippen LogP) is -1.38. The van der Waals surface area contributed by atoms with Crippen LogP contribution in [0.25, 0.3) is 0 Å². The molecule has 0 aromatic rings. The van der Waals surface area contributed by atoms with Crippen LogP contribution in [0.2, 0.25) is 0 Å². The second-order valence-electron chi connectivity index (χ2n) is 6.47. The van der Waals surface area contributed by atoms with Crippen LogP contribution < -0.4 is 10.6 Å². The Morgan fingerprint density at radius 2 is 1.84 bits per heavy atom. The topological polar surface area (TPSA) is 134 Å². The highest BCUT2D eigenvalue weighted by molar-refractivity contribution is 7.80. The Morgan fingerprint density at radius 3 is 2.44 bits per heavy atom. The second-order valence-corrected chi connectivity index (χ2v) is 6.88. The van der Waals surface area contributed by atoms with Gasteiger partial charge in [-0.15, -0.1) is 0 Å². The van der Waals surface area contributed by atoms with Crippen molar-refractivity contribution in [2.75, 3.05) is 13.2 Å². The van der Waals surface area contributed by atoms with Gasteiger partial charge in [0.05, 0.1) is 37.1 Å². The van der Waals surface area contributed by atoms with Crippen molar-refractivity contribution in [3.05, 3.63) is 0 Å². The van der Waals surface area contributed by atoms with E-state index in [9.17, 15) is 25.5 Å². The van der Waals surface area contributed by atoms with Crippen molar-refractivity contribution < 1.29 is 30.3 Å². The maximum atomic E-state index is 10.4. The average molecular weight is 381 g/mol. The summed E-state index contributed by atoms with van der Waals surface area (Å²) in [6.07, 6.45) is -4.16. The first-order chi connectivity index (χ1) is 11.8. The minimum Gasteiger partial charge on any atom is -0.393 e. The first kappa shape index (κ1) is 22.5. The van der Waals surface area contributed by atoms with Crippen molar-refractivity contribution in [1.29, 1.82) is 0 Å². The van der Waals surface area contributed by atoms with Crippen LogP contribution in [0.5, 0.6) is 0 Å². The quantitative estimate of drug-likeness (QED) is 0.242. The van der Waals surface area contributed by atoms with Gasteiger partial charge in [-0.05, 0) is 38.4 Å². The molecule has 1 aliphatic carbocycles. The van der Waals surface area contributed by atoms with E-state index >= 15 is 0 Å². The van der Waals surface area contributed by atoms with Gasteiger partial charge in [-0.2, -0.15) is 0 Å². The summed E-state index contributed by atoms with van der Waals surface area (Å²) in [5.41, 5.74) is 0. The van der Waals surface area contributed by atoms with Gasteiger partial charge in [0, 0.05) is 13.0 Å². The summed E-state index contributed by atoms with van der Waals surface area (Å²) in [6.45, 7) is 4.37. The SMILES string of the molecule is CCNC(=S)NC(COC1CCC(O)C(O)C1O)C(O)CC(O)CC. The van der Waals surface area contributed by atoms with E-state index in [1.165, 1.54) is 0 Å². The van der Waals surface area contributed by atoms with E-state index in [0.29, 0.717) is 30.9 Å². The molecule has 1 rings (SSSR count). The molecule has 9 heteroatoms. The number of hydrogen-bond acceptors (Lipinski definition) is 7. The number of nitrogens with one attached hydrogen (secondary N) is 2. The number of aliphatic hydroxyl groups is 5. The monoisotopic (exact) mass is 380 g/mol. The Balaban J connectivity index is 2.64. The van der Waals surface area contributed by atoms with Crippen LogP contribution in [-0.2, 0) is 4.74 Å². The van der Waals surface area contributed by atoms with Gasteiger partial charge in [-0.1, -0.05) is 6.92 Å². The fourth-order valence-corrected chi connectivity index (χ4v) is 3.07. The second kappa shape index (κ2) is 11.2. The highest BCUT2D eigenvalue weighted by atomic mass is 32.1. The number of thiocarbonyl (C=S) groups is 1. The molecule has 1 aliphatic rings. The lowest BCUT2D eigenvalue weighted by Gasteiger charge is -2.36. The van der Waals surface area contributed by atoms with E-state index in [1.807, 2.05) is 13.8 Å². The van der Waals surface area contributed by atoms with Gasteiger partial charge < -0.3 is 40.9 Å². The zero-order chi connectivity index (χ0) is 19.0. The van der Waals surface area contributed by atoms with Crippen molar-refractivity contribution in [2.45, 2.75) is 82.2 Å². The summed E-state index contributed by atoms with van der Waals surface area (Å²) >= 11 is 5.14. The molecule has 0 radical (unpaired) electrons. The molecule has 0 aromatic carbocycles. The first-order valence-corrected chi connectivity index (χ1v) is 9.27. The van der Waals surface area contributed by atoms with E-state index < -0.39 is 42.7 Å². The first-order valence-electron chi connectivity index (χ1n) is 8.86. The van der Waals surface area contributed by atoms with E-state index in [0.717, 1.165) is 0 Å². The summed E-state index contributed by atoms with van der Waals surface area (Å²) in [5.74, 6) is 0. The molecule has 0 aromatic heterocycles. The zero-order valence-corrected chi connectivity index (χ0v) is 15.7. The lowest BCUT2D eigenvalue weighted by molar-refractivity contribution is -0.157. The molecular weight excluding hydrogens is 348 g/mol. The van der Waals surface area contributed by atoms with Crippen LogP contribution in [0.1, 0.15) is 39.5 Å². The molecule has 1 saturated carbocycles. The fourth-order valence-electron chi connectivity index (χ4n) is 2.77. The molecule has 0 spiro atoms. The molecule has 0 heterocycles. The molecule has 0 aliphatic heterocycles. The van der Waals surface area contributed by atoms with E-state index in [-0.39, 0.29) is 13.0 Å². The third-order valence-electron chi connectivity index (χ3n) is 4.46. The van der Waals surface area contributed by atoms with Gasteiger partial charge in [-0.25, -0.2) is 0 Å². The summed E-state index contributed by atoms with van der Waals surface area (Å²) in [6, 6.07) is -0.580. The van der Waals surface area contributed by atoms with Gasteiger partial charge in [0.2, 0.25) is 0 Å². The van der Waals surface area contributed by atoms with Crippen LogP contribution in [0.4, 0.5) is 0 Å². The Morgan fingerprint density at radius 1 is 1.16 bits per heavy atom. The van der Waals surface area contributed by atoms with Crippen molar-refractivity contribution >= 4 is 17.3 Å². The number of aliphatic hydroxyl groups excluding tert-OH is 5. The fraction of sp³-hybridized carbons (Fsp3) is 0.938. The molecule has 8 nitrogen and oxygen atoms in total. The zero-order valence-electron chi connectivity index (χ0n) is 14.8. The Hall–Kier alpha value is -0.550. The van der Waals surface area contributed by atoms with E-state index in [1.54, 1.807) is 0 Å². The Bertz CT molecular complexity index is 403. The Labute approximate surface area is 154 Å². The van der Waals surface area contributed by atoms with Gasteiger partial charge in [0.15, 0.2) is 5.11 Å². The third-order valence-corrected chi connectivity index (χ3v) is 4.73. The van der Waals surface area contributed by atoms with Gasteiger partial charge in [0.25, 0.3) is 0 Å². The lowest BCUT2D eigenvalue weighted by Crippen LogP contribution is -2.54. The van der Waals surface area contributed by atoms with Crippen LogP contribution in [0.15, 0.2) is 0 Å². The van der Waals surface area contributed by atoms with Crippen LogP contribution in [0.3, 0.4) is 0 Å². The van der Waals surface area contributed by atoms with E-state index in [2.05, 4.69) is 10.6 Å². The molecule has 148 valence electrons. The molecule has 7 N–H and O–H groups in total. The Kier molecular flexibility index (Phi) is 10.1. The minimum absolute atomic E-state index is 0.0354. The molecule has 0 amide bonds. The largest absolute Gasteiger partial charge is 0.393 e. The summed E-state index contributed by atoms with van der Waals surface area (Å²) in [7, 11) is 0.